The molecule has 2 aromatic rings. The summed E-state index contributed by atoms with van der Waals surface area (Å²) in [6.07, 6.45) is 1.35. The van der Waals surface area contributed by atoms with Crippen molar-refractivity contribution in [2.45, 2.75) is 6.92 Å². The van der Waals surface area contributed by atoms with Gasteiger partial charge in [0.15, 0.2) is 11.5 Å². The Balaban J connectivity index is 2.04. The number of amides is 2. The molecule has 0 unspecified atom stereocenters. The van der Waals surface area contributed by atoms with Crippen LogP contribution in [0.25, 0.3) is 0 Å². The smallest absolute Gasteiger partial charge is 0.329 e. The molecule has 0 aliphatic carbocycles. The van der Waals surface area contributed by atoms with Crippen molar-refractivity contribution in [3.05, 3.63) is 47.5 Å². The quantitative estimate of drug-likeness (QED) is 0.460. The second-order valence-electron chi connectivity index (χ2n) is 5.47. The molecule has 2 rings (SSSR count). The second-order valence-corrected chi connectivity index (χ2v) is 5.47. The second kappa shape index (κ2) is 9.23. The first-order valence-corrected chi connectivity index (χ1v) is 7.99. The lowest BCUT2D eigenvalue weighted by molar-refractivity contribution is -0.136. The SMILES string of the molecule is COc1cc(OC)c(OC)cc1/C=N\NC(=O)C(=O)Nc1ccc(C)cc1. The maximum atomic E-state index is 11.9. The Bertz CT molecular complexity index is 847. The van der Waals surface area contributed by atoms with Crippen LogP contribution in [0.3, 0.4) is 0 Å². The van der Waals surface area contributed by atoms with Gasteiger partial charge in [0.1, 0.15) is 5.75 Å². The summed E-state index contributed by atoms with van der Waals surface area (Å²) in [6.45, 7) is 1.93. The van der Waals surface area contributed by atoms with Crippen LogP contribution in [0.15, 0.2) is 41.5 Å². The third kappa shape index (κ3) is 5.21. The Morgan fingerprint density at radius 2 is 1.48 bits per heavy atom. The van der Waals surface area contributed by atoms with Crippen LogP contribution in [0.1, 0.15) is 11.1 Å². The summed E-state index contributed by atoms with van der Waals surface area (Å²) >= 11 is 0. The van der Waals surface area contributed by atoms with Crippen LogP contribution in [-0.4, -0.2) is 39.4 Å². The monoisotopic (exact) mass is 371 g/mol. The highest BCUT2D eigenvalue weighted by atomic mass is 16.5. The molecule has 0 spiro atoms. The third-order valence-electron chi connectivity index (χ3n) is 3.62. The van der Waals surface area contributed by atoms with Crippen LogP contribution in [-0.2, 0) is 9.59 Å². The molecule has 0 saturated heterocycles. The van der Waals surface area contributed by atoms with Crippen molar-refractivity contribution in [2.24, 2.45) is 5.10 Å². The first-order valence-electron chi connectivity index (χ1n) is 7.99. The fourth-order valence-electron chi connectivity index (χ4n) is 2.19. The molecule has 142 valence electrons. The van der Waals surface area contributed by atoms with Crippen molar-refractivity contribution in [1.82, 2.24) is 5.43 Å². The maximum absolute atomic E-state index is 11.9. The van der Waals surface area contributed by atoms with E-state index in [1.807, 2.05) is 19.1 Å². The minimum Gasteiger partial charge on any atom is -0.496 e. The van der Waals surface area contributed by atoms with Gasteiger partial charge in [0.25, 0.3) is 0 Å². The predicted molar refractivity (Wildman–Crippen MR) is 102 cm³/mol. The highest BCUT2D eigenvalue weighted by Crippen LogP contribution is 2.33. The van der Waals surface area contributed by atoms with Crippen molar-refractivity contribution >= 4 is 23.7 Å². The normalized spacial score (nSPS) is 10.4. The summed E-state index contributed by atoms with van der Waals surface area (Å²) in [5.74, 6) is -0.285. The molecule has 0 aliphatic rings. The summed E-state index contributed by atoms with van der Waals surface area (Å²) in [6, 6.07) is 10.3. The Morgan fingerprint density at radius 3 is 2.07 bits per heavy atom. The standard InChI is InChI=1S/C19H21N3O5/c1-12-5-7-14(8-6-12)21-18(23)19(24)22-20-11-13-9-16(26-3)17(27-4)10-15(13)25-2/h5-11H,1-4H3,(H,21,23)(H,22,24)/b20-11-. The number of aryl methyl sites for hydroxylation is 1. The highest BCUT2D eigenvalue weighted by Gasteiger charge is 2.14. The topological polar surface area (TPSA) is 98.2 Å². The fraction of sp³-hybridized carbons (Fsp3) is 0.211. The molecule has 0 radical (unpaired) electrons. The molecule has 2 amide bonds. The van der Waals surface area contributed by atoms with E-state index in [9.17, 15) is 9.59 Å². The number of nitrogens with zero attached hydrogens (tertiary/aromatic N) is 1. The number of rotatable bonds is 6. The number of ether oxygens (including phenoxy) is 3. The lowest BCUT2D eigenvalue weighted by atomic mass is 10.2. The Labute approximate surface area is 157 Å². The number of anilines is 1. The molecule has 0 aromatic heterocycles. The van der Waals surface area contributed by atoms with Crippen molar-refractivity contribution < 1.29 is 23.8 Å². The van der Waals surface area contributed by atoms with E-state index in [1.54, 1.807) is 24.3 Å². The summed E-state index contributed by atoms with van der Waals surface area (Å²) in [4.78, 5) is 23.8. The van der Waals surface area contributed by atoms with E-state index in [0.717, 1.165) is 5.56 Å². The van der Waals surface area contributed by atoms with E-state index in [0.29, 0.717) is 28.5 Å². The number of hydrogen-bond donors (Lipinski definition) is 2. The Morgan fingerprint density at radius 1 is 0.889 bits per heavy atom. The van der Waals surface area contributed by atoms with Crippen LogP contribution in [0.5, 0.6) is 17.2 Å². The van der Waals surface area contributed by atoms with E-state index in [4.69, 9.17) is 14.2 Å². The van der Waals surface area contributed by atoms with Crippen molar-refractivity contribution in [3.8, 4) is 17.2 Å². The molecule has 2 aromatic carbocycles. The number of nitrogens with one attached hydrogen (secondary N) is 2. The van der Waals surface area contributed by atoms with Gasteiger partial charge < -0.3 is 19.5 Å². The maximum Gasteiger partial charge on any atom is 0.329 e. The molecule has 0 bridgehead atoms. The van der Waals surface area contributed by atoms with Crippen molar-refractivity contribution in [1.29, 1.82) is 0 Å². The van der Waals surface area contributed by atoms with Crippen molar-refractivity contribution in [2.75, 3.05) is 26.6 Å². The molecule has 0 saturated carbocycles. The van der Waals surface area contributed by atoms with Gasteiger partial charge in [0.2, 0.25) is 0 Å². The average molecular weight is 371 g/mol. The summed E-state index contributed by atoms with van der Waals surface area (Å²) in [5.41, 5.74) is 4.27. The third-order valence-corrected chi connectivity index (χ3v) is 3.62. The Kier molecular flexibility index (Phi) is 6.76. The lowest BCUT2D eigenvalue weighted by Crippen LogP contribution is -2.32. The summed E-state index contributed by atoms with van der Waals surface area (Å²) in [5, 5.41) is 6.28. The van der Waals surface area contributed by atoms with Gasteiger partial charge in [-0.25, -0.2) is 5.43 Å². The average Bonchev–Trinajstić information content (AvgIpc) is 2.68. The molecule has 27 heavy (non-hydrogen) atoms. The molecule has 0 heterocycles. The minimum absolute atomic E-state index is 0.467. The number of hydrazone groups is 1. The largest absolute Gasteiger partial charge is 0.496 e. The highest BCUT2D eigenvalue weighted by molar-refractivity contribution is 6.39. The number of methoxy groups -OCH3 is 3. The van der Waals surface area contributed by atoms with Gasteiger partial charge in [-0.2, -0.15) is 5.10 Å². The van der Waals surface area contributed by atoms with E-state index in [2.05, 4.69) is 15.8 Å². The molecule has 8 nitrogen and oxygen atoms in total. The predicted octanol–water partition coefficient (Wildman–Crippen LogP) is 2.11. The first kappa shape index (κ1) is 19.8. The molecule has 2 N–H and O–H groups in total. The van der Waals surface area contributed by atoms with E-state index >= 15 is 0 Å². The zero-order valence-electron chi connectivity index (χ0n) is 15.5. The van der Waals surface area contributed by atoms with Gasteiger partial charge in [0, 0.05) is 17.3 Å². The molecular weight excluding hydrogens is 350 g/mol. The van der Waals surface area contributed by atoms with Gasteiger partial charge in [0.05, 0.1) is 27.5 Å². The molecular formula is C19H21N3O5. The zero-order chi connectivity index (χ0) is 19.8. The summed E-state index contributed by atoms with van der Waals surface area (Å²) in [7, 11) is 4.51. The summed E-state index contributed by atoms with van der Waals surface area (Å²) < 4.78 is 15.7. The number of hydrogen-bond acceptors (Lipinski definition) is 6. The Hall–Kier alpha value is -3.55. The molecule has 0 fully saturated rings. The first-order chi connectivity index (χ1) is 13.0. The number of carbonyl (C=O) groups excluding carboxylic acids is 2. The van der Waals surface area contributed by atoms with Gasteiger partial charge in [-0.15, -0.1) is 0 Å². The lowest BCUT2D eigenvalue weighted by Gasteiger charge is -2.11. The molecule has 8 heteroatoms. The van der Waals surface area contributed by atoms with Gasteiger partial charge >= 0.3 is 11.8 Å². The zero-order valence-corrected chi connectivity index (χ0v) is 15.5. The fourth-order valence-corrected chi connectivity index (χ4v) is 2.19. The van der Waals surface area contributed by atoms with Crippen molar-refractivity contribution in [3.63, 3.8) is 0 Å². The number of carbonyl (C=O) groups is 2. The van der Waals surface area contributed by atoms with Gasteiger partial charge in [-0.1, -0.05) is 17.7 Å². The minimum atomic E-state index is -0.897. The van der Waals surface area contributed by atoms with Crippen LogP contribution < -0.4 is 25.0 Å². The number of benzene rings is 2. The van der Waals surface area contributed by atoms with E-state index in [1.165, 1.54) is 27.5 Å². The van der Waals surface area contributed by atoms with E-state index < -0.39 is 11.8 Å². The molecule has 0 atom stereocenters. The van der Waals surface area contributed by atoms with Crippen LogP contribution in [0.2, 0.25) is 0 Å². The molecule has 0 aliphatic heterocycles. The van der Waals surface area contributed by atoms with Crippen LogP contribution in [0.4, 0.5) is 5.69 Å². The van der Waals surface area contributed by atoms with Gasteiger partial charge in [-0.05, 0) is 25.1 Å². The van der Waals surface area contributed by atoms with Crippen LogP contribution >= 0.6 is 0 Å². The van der Waals surface area contributed by atoms with Gasteiger partial charge in [-0.3, -0.25) is 9.59 Å². The van der Waals surface area contributed by atoms with E-state index in [-0.39, 0.29) is 0 Å². The van der Waals surface area contributed by atoms with Crippen LogP contribution in [0, 0.1) is 6.92 Å².